The average molecular weight is 309 g/mol. The smallest absolute Gasteiger partial charge is 0.0636 e. The second-order valence-corrected chi connectivity index (χ2v) is 7.23. The van der Waals surface area contributed by atoms with E-state index in [2.05, 4.69) is 41.5 Å². The van der Waals surface area contributed by atoms with Crippen molar-refractivity contribution >= 4 is 33.0 Å². The van der Waals surface area contributed by atoms with Gasteiger partial charge in [-0.1, -0.05) is 29.8 Å². The van der Waals surface area contributed by atoms with Gasteiger partial charge in [-0.3, -0.25) is 0 Å². The minimum absolute atomic E-state index is 0.819. The fourth-order valence-corrected chi connectivity index (χ4v) is 4.30. The number of halogens is 1. The fourth-order valence-electron chi connectivity index (χ4n) is 2.83. The first-order valence-corrected chi connectivity index (χ1v) is 8.48. The maximum absolute atomic E-state index is 6.46. The molecule has 108 valence electrons. The topological polar surface area (TPSA) is 15.3 Å². The minimum Gasteiger partial charge on any atom is -0.312 e. The quantitative estimate of drug-likeness (QED) is 0.919. The zero-order chi connectivity index (χ0) is 13.9. The number of piperidine rings is 1. The average Bonchev–Trinajstić information content (AvgIpc) is 2.78. The Morgan fingerprint density at radius 3 is 2.80 bits per heavy atom. The van der Waals surface area contributed by atoms with Gasteiger partial charge in [0.15, 0.2) is 0 Å². The summed E-state index contributed by atoms with van der Waals surface area (Å²) in [5, 5.41) is 5.72. The molecular formula is C16H21ClN2S. The Hall–Kier alpha value is -0.610. The van der Waals surface area contributed by atoms with Crippen LogP contribution in [0.25, 0.3) is 10.1 Å². The molecule has 2 heterocycles. The molecule has 0 spiro atoms. The van der Waals surface area contributed by atoms with Gasteiger partial charge < -0.3 is 10.2 Å². The van der Waals surface area contributed by atoms with Crippen LogP contribution in [0.15, 0.2) is 24.3 Å². The molecule has 1 N–H and O–H groups in total. The molecule has 2 aromatic rings. The molecule has 3 rings (SSSR count). The van der Waals surface area contributed by atoms with E-state index in [4.69, 9.17) is 11.6 Å². The molecule has 1 fully saturated rings. The van der Waals surface area contributed by atoms with E-state index in [1.165, 1.54) is 40.9 Å². The summed E-state index contributed by atoms with van der Waals surface area (Å²) < 4.78 is 1.29. The van der Waals surface area contributed by atoms with Gasteiger partial charge in [-0.05, 0) is 51.5 Å². The van der Waals surface area contributed by atoms with Crippen LogP contribution in [-0.2, 0) is 6.54 Å². The Bertz CT molecular complexity index is 573. The molecule has 0 unspecified atom stereocenters. The number of likely N-dealkylation sites (tertiary alicyclic amines) is 1. The van der Waals surface area contributed by atoms with Gasteiger partial charge in [0.2, 0.25) is 0 Å². The summed E-state index contributed by atoms with van der Waals surface area (Å²) in [5.41, 5.74) is 0. The molecule has 0 amide bonds. The lowest BCUT2D eigenvalue weighted by Gasteiger charge is -2.29. The number of hydrogen-bond acceptors (Lipinski definition) is 3. The molecule has 1 aromatic carbocycles. The highest BCUT2D eigenvalue weighted by atomic mass is 35.5. The van der Waals surface area contributed by atoms with E-state index in [0.717, 1.165) is 24.0 Å². The highest BCUT2D eigenvalue weighted by Crippen LogP contribution is 2.35. The van der Waals surface area contributed by atoms with Gasteiger partial charge in [-0.2, -0.15) is 0 Å². The van der Waals surface area contributed by atoms with Crippen LogP contribution in [-0.4, -0.2) is 31.6 Å². The van der Waals surface area contributed by atoms with E-state index in [1.807, 2.05) is 11.3 Å². The number of fused-ring (bicyclic) bond motifs is 1. The van der Waals surface area contributed by atoms with Crippen molar-refractivity contribution in [2.24, 2.45) is 5.92 Å². The summed E-state index contributed by atoms with van der Waals surface area (Å²) in [4.78, 5) is 3.68. The van der Waals surface area contributed by atoms with Crippen LogP contribution in [0.1, 0.15) is 17.7 Å². The third-order valence-electron chi connectivity index (χ3n) is 4.16. The number of benzene rings is 1. The Balaban J connectivity index is 1.56. The molecule has 0 aliphatic carbocycles. The standard InChI is InChI=1S/C16H21ClN2S/c1-19-8-6-12(7-9-19)10-18-11-15-16(17)13-4-2-3-5-14(13)20-15/h2-5,12,18H,6-11H2,1H3. The fraction of sp³-hybridized carbons (Fsp3) is 0.500. The Morgan fingerprint density at radius 1 is 1.30 bits per heavy atom. The normalized spacial score (nSPS) is 17.9. The second kappa shape index (κ2) is 6.44. The maximum atomic E-state index is 6.46. The van der Waals surface area contributed by atoms with Gasteiger partial charge in [0, 0.05) is 21.5 Å². The van der Waals surface area contributed by atoms with E-state index in [0.29, 0.717) is 0 Å². The molecule has 0 saturated carbocycles. The van der Waals surface area contributed by atoms with E-state index >= 15 is 0 Å². The predicted octanol–water partition coefficient (Wildman–Crippen LogP) is 3.99. The summed E-state index contributed by atoms with van der Waals surface area (Å²) in [7, 11) is 2.21. The van der Waals surface area contributed by atoms with Gasteiger partial charge in [0.05, 0.1) is 5.02 Å². The molecule has 1 aliphatic rings. The number of nitrogens with zero attached hydrogens (tertiary/aromatic N) is 1. The van der Waals surface area contributed by atoms with Crippen LogP contribution in [0.3, 0.4) is 0 Å². The molecule has 0 atom stereocenters. The van der Waals surface area contributed by atoms with Crippen LogP contribution in [0.2, 0.25) is 5.02 Å². The Morgan fingerprint density at radius 2 is 2.05 bits per heavy atom. The van der Waals surface area contributed by atoms with Crippen LogP contribution < -0.4 is 5.32 Å². The van der Waals surface area contributed by atoms with Crippen molar-refractivity contribution in [1.29, 1.82) is 0 Å². The summed E-state index contributed by atoms with van der Waals surface area (Å²) in [6.07, 6.45) is 2.62. The number of rotatable bonds is 4. The van der Waals surface area contributed by atoms with Gasteiger partial charge >= 0.3 is 0 Å². The zero-order valence-corrected chi connectivity index (χ0v) is 13.4. The zero-order valence-electron chi connectivity index (χ0n) is 11.9. The molecule has 1 saturated heterocycles. The lowest BCUT2D eigenvalue weighted by molar-refractivity contribution is 0.216. The second-order valence-electron chi connectivity index (χ2n) is 5.71. The van der Waals surface area contributed by atoms with Gasteiger partial charge in [-0.15, -0.1) is 11.3 Å². The molecule has 20 heavy (non-hydrogen) atoms. The van der Waals surface area contributed by atoms with Gasteiger partial charge in [-0.25, -0.2) is 0 Å². The van der Waals surface area contributed by atoms with Crippen molar-refractivity contribution in [2.45, 2.75) is 19.4 Å². The van der Waals surface area contributed by atoms with Crippen LogP contribution in [0, 0.1) is 5.92 Å². The summed E-state index contributed by atoms with van der Waals surface area (Å²) in [6.45, 7) is 4.47. The molecule has 0 bridgehead atoms. The van der Waals surface area contributed by atoms with Gasteiger partial charge in [0.1, 0.15) is 0 Å². The highest BCUT2D eigenvalue weighted by Gasteiger charge is 2.16. The monoisotopic (exact) mass is 308 g/mol. The van der Waals surface area contributed by atoms with Crippen LogP contribution >= 0.6 is 22.9 Å². The summed E-state index contributed by atoms with van der Waals surface area (Å²) in [6, 6.07) is 8.38. The lowest BCUT2D eigenvalue weighted by atomic mass is 9.97. The van der Waals surface area contributed by atoms with Crippen molar-refractivity contribution in [1.82, 2.24) is 10.2 Å². The van der Waals surface area contributed by atoms with Crippen molar-refractivity contribution < 1.29 is 0 Å². The van der Waals surface area contributed by atoms with Crippen molar-refractivity contribution in [3.8, 4) is 0 Å². The van der Waals surface area contributed by atoms with E-state index in [-0.39, 0.29) is 0 Å². The minimum atomic E-state index is 0.819. The number of nitrogens with one attached hydrogen (secondary N) is 1. The van der Waals surface area contributed by atoms with Crippen molar-refractivity contribution in [2.75, 3.05) is 26.7 Å². The molecule has 1 aliphatic heterocycles. The molecule has 1 aromatic heterocycles. The Labute approximate surface area is 129 Å². The van der Waals surface area contributed by atoms with E-state index < -0.39 is 0 Å². The predicted molar refractivity (Wildman–Crippen MR) is 88.8 cm³/mol. The van der Waals surface area contributed by atoms with E-state index in [9.17, 15) is 0 Å². The SMILES string of the molecule is CN1CCC(CNCc2sc3ccccc3c2Cl)CC1. The first-order valence-electron chi connectivity index (χ1n) is 7.29. The third kappa shape index (κ3) is 3.17. The number of thiophene rings is 1. The van der Waals surface area contributed by atoms with Crippen molar-refractivity contribution in [3.05, 3.63) is 34.2 Å². The summed E-state index contributed by atoms with van der Waals surface area (Å²) >= 11 is 8.27. The first-order chi connectivity index (χ1) is 9.74. The van der Waals surface area contributed by atoms with Crippen LogP contribution in [0.4, 0.5) is 0 Å². The molecule has 2 nitrogen and oxygen atoms in total. The third-order valence-corrected chi connectivity index (χ3v) is 5.87. The lowest BCUT2D eigenvalue weighted by Crippen LogP contribution is -2.34. The van der Waals surface area contributed by atoms with E-state index in [1.54, 1.807) is 0 Å². The van der Waals surface area contributed by atoms with Crippen molar-refractivity contribution in [3.63, 3.8) is 0 Å². The maximum Gasteiger partial charge on any atom is 0.0636 e. The molecule has 4 heteroatoms. The van der Waals surface area contributed by atoms with Crippen LogP contribution in [0.5, 0.6) is 0 Å². The molecular weight excluding hydrogens is 288 g/mol. The van der Waals surface area contributed by atoms with Gasteiger partial charge in [0.25, 0.3) is 0 Å². The Kier molecular flexibility index (Phi) is 4.61. The highest BCUT2D eigenvalue weighted by molar-refractivity contribution is 7.19. The largest absolute Gasteiger partial charge is 0.312 e. The summed E-state index contributed by atoms with van der Waals surface area (Å²) in [5.74, 6) is 0.819. The number of hydrogen-bond donors (Lipinski definition) is 1. The first kappa shape index (κ1) is 14.3. The molecule has 0 radical (unpaired) electrons.